The summed E-state index contributed by atoms with van der Waals surface area (Å²) in [5, 5.41) is 3.45. The number of hydrogen-bond donors (Lipinski definition) is 1. The Morgan fingerprint density at radius 2 is 2.32 bits per heavy atom. The zero-order chi connectivity index (χ0) is 13.4. The normalized spacial score (nSPS) is 14.8. The van der Waals surface area contributed by atoms with E-state index in [9.17, 15) is 4.79 Å². The summed E-state index contributed by atoms with van der Waals surface area (Å²) in [7, 11) is 0. The quantitative estimate of drug-likeness (QED) is 0.880. The monoisotopic (exact) mass is 298 g/mol. The molecule has 0 aromatic carbocycles. The molecule has 1 amide bonds. The molecule has 0 aliphatic heterocycles. The van der Waals surface area contributed by atoms with Gasteiger partial charge in [-0.15, -0.1) is 11.6 Å². The minimum atomic E-state index is -0.0371. The molecule has 1 fully saturated rings. The number of pyridine rings is 1. The Kier molecular flexibility index (Phi) is 3.33. The van der Waals surface area contributed by atoms with Gasteiger partial charge in [-0.2, -0.15) is 0 Å². The van der Waals surface area contributed by atoms with E-state index in [1.807, 2.05) is 0 Å². The molecule has 3 rings (SSSR count). The summed E-state index contributed by atoms with van der Waals surface area (Å²) in [5.41, 5.74) is 1.29. The summed E-state index contributed by atoms with van der Waals surface area (Å²) in [6.07, 6.45) is 3.66. The van der Waals surface area contributed by atoms with Crippen LogP contribution in [0, 0.1) is 0 Å². The van der Waals surface area contributed by atoms with Gasteiger partial charge in [0.1, 0.15) is 17.9 Å². The van der Waals surface area contributed by atoms with Crippen molar-refractivity contribution < 1.29 is 4.79 Å². The van der Waals surface area contributed by atoms with Crippen LogP contribution in [-0.4, -0.2) is 26.5 Å². The molecular formula is C12H12Cl2N4O. The van der Waals surface area contributed by atoms with Crippen LogP contribution in [-0.2, 0) is 17.2 Å². The first-order chi connectivity index (χ1) is 9.17. The molecule has 0 atom stereocenters. The molecule has 1 N–H and O–H groups in total. The van der Waals surface area contributed by atoms with Crippen LogP contribution in [0.3, 0.4) is 0 Å². The number of nitrogens with one attached hydrogen (secondary N) is 1. The number of halogens is 2. The van der Waals surface area contributed by atoms with Gasteiger partial charge in [-0.05, 0) is 18.9 Å². The third-order valence-corrected chi connectivity index (χ3v) is 3.44. The Morgan fingerprint density at radius 1 is 1.53 bits per heavy atom. The van der Waals surface area contributed by atoms with E-state index in [0.717, 1.165) is 12.8 Å². The average molecular weight is 299 g/mol. The number of rotatable bonds is 4. The Morgan fingerprint density at radius 3 is 3.00 bits per heavy atom. The van der Waals surface area contributed by atoms with Crippen LogP contribution in [0.2, 0.25) is 5.02 Å². The fraction of sp³-hybridized carbons (Fsp3) is 0.417. The summed E-state index contributed by atoms with van der Waals surface area (Å²) in [5.74, 6) is 0.812. The number of carbonyl (C=O) groups excluding carboxylic acids is 1. The fourth-order valence-corrected chi connectivity index (χ4v) is 2.30. The summed E-state index contributed by atoms with van der Waals surface area (Å²) in [6, 6.07) is 2.05. The van der Waals surface area contributed by atoms with Crippen LogP contribution >= 0.6 is 23.2 Å². The minimum absolute atomic E-state index is 0.0371. The summed E-state index contributed by atoms with van der Waals surface area (Å²) in [6.45, 7) is 0.184. The van der Waals surface area contributed by atoms with Gasteiger partial charge in [-0.3, -0.25) is 4.79 Å². The predicted molar refractivity (Wildman–Crippen MR) is 73.3 cm³/mol. The van der Waals surface area contributed by atoms with Gasteiger partial charge < -0.3 is 9.88 Å². The van der Waals surface area contributed by atoms with Crippen molar-refractivity contribution in [2.75, 3.05) is 0 Å². The second-order valence-corrected chi connectivity index (χ2v) is 5.29. The number of imidazole rings is 1. The molecule has 19 heavy (non-hydrogen) atoms. The van der Waals surface area contributed by atoms with E-state index in [-0.39, 0.29) is 18.3 Å². The Balaban J connectivity index is 1.93. The maximum Gasteiger partial charge on any atom is 0.240 e. The molecule has 0 bridgehead atoms. The molecule has 2 heterocycles. The van der Waals surface area contributed by atoms with Gasteiger partial charge in [-0.1, -0.05) is 11.6 Å². The van der Waals surface area contributed by atoms with Gasteiger partial charge in [0, 0.05) is 12.2 Å². The molecule has 2 aromatic heterocycles. The molecule has 1 aliphatic rings. The first-order valence-corrected chi connectivity index (χ1v) is 6.94. The number of hydrogen-bond acceptors (Lipinski definition) is 3. The SMILES string of the molecule is O=C(Cn1c(CCl)nc2cc(Cl)cnc21)NC1CC1. The highest BCUT2D eigenvalue weighted by atomic mass is 35.5. The van der Waals surface area contributed by atoms with Gasteiger partial charge in [0.2, 0.25) is 5.91 Å². The first kappa shape index (κ1) is 12.7. The molecule has 2 aromatic rings. The first-order valence-electron chi connectivity index (χ1n) is 6.03. The van der Waals surface area contributed by atoms with E-state index in [1.54, 1.807) is 16.8 Å². The number of nitrogens with zero attached hydrogens (tertiary/aromatic N) is 3. The Labute approximate surface area is 119 Å². The minimum Gasteiger partial charge on any atom is -0.352 e. The van der Waals surface area contributed by atoms with Crippen LogP contribution in [0.1, 0.15) is 18.7 Å². The highest BCUT2D eigenvalue weighted by molar-refractivity contribution is 6.31. The lowest BCUT2D eigenvalue weighted by Gasteiger charge is -2.07. The van der Waals surface area contributed by atoms with Crippen LogP contribution in [0.5, 0.6) is 0 Å². The lowest BCUT2D eigenvalue weighted by Crippen LogP contribution is -2.29. The Hall–Kier alpha value is -1.33. The average Bonchev–Trinajstić information content (AvgIpc) is 3.11. The van der Waals surface area contributed by atoms with E-state index in [0.29, 0.717) is 28.1 Å². The van der Waals surface area contributed by atoms with Crippen molar-refractivity contribution in [3.8, 4) is 0 Å². The number of fused-ring (bicyclic) bond motifs is 1. The number of aromatic nitrogens is 3. The van der Waals surface area contributed by atoms with Gasteiger partial charge in [-0.25, -0.2) is 9.97 Å². The molecule has 0 spiro atoms. The molecule has 7 heteroatoms. The van der Waals surface area contributed by atoms with Gasteiger partial charge in [0.15, 0.2) is 5.65 Å². The highest BCUT2D eigenvalue weighted by Gasteiger charge is 2.24. The van der Waals surface area contributed by atoms with E-state index in [2.05, 4.69) is 15.3 Å². The smallest absolute Gasteiger partial charge is 0.240 e. The van der Waals surface area contributed by atoms with E-state index < -0.39 is 0 Å². The molecule has 1 saturated carbocycles. The summed E-state index contributed by atoms with van der Waals surface area (Å²) >= 11 is 11.8. The van der Waals surface area contributed by atoms with Crippen molar-refractivity contribution in [2.24, 2.45) is 0 Å². The second kappa shape index (κ2) is 4.98. The largest absolute Gasteiger partial charge is 0.352 e. The van der Waals surface area contributed by atoms with Crippen molar-refractivity contribution in [3.63, 3.8) is 0 Å². The number of carbonyl (C=O) groups is 1. The molecule has 5 nitrogen and oxygen atoms in total. The van der Waals surface area contributed by atoms with Gasteiger partial charge in [0.05, 0.1) is 10.9 Å². The number of alkyl halides is 1. The molecule has 0 unspecified atom stereocenters. The molecule has 0 radical (unpaired) electrons. The maximum absolute atomic E-state index is 11.9. The van der Waals surface area contributed by atoms with Gasteiger partial charge in [0.25, 0.3) is 0 Å². The van der Waals surface area contributed by atoms with Crippen LogP contribution < -0.4 is 5.32 Å². The lowest BCUT2D eigenvalue weighted by atomic mass is 10.4. The third-order valence-electron chi connectivity index (χ3n) is 2.99. The number of amides is 1. The highest BCUT2D eigenvalue weighted by Crippen LogP contribution is 2.20. The van der Waals surface area contributed by atoms with E-state index in [1.165, 1.54) is 0 Å². The summed E-state index contributed by atoms with van der Waals surface area (Å²) in [4.78, 5) is 20.5. The standard InChI is InChI=1S/C12H12Cl2N4O/c13-4-10-17-9-3-7(14)5-15-12(9)18(10)6-11(19)16-8-1-2-8/h3,5,8H,1-2,4,6H2,(H,16,19). The third kappa shape index (κ3) is 2.67. The Bertz CT molecular complexity index is 636. The second-order valence-electron chi connectivity index (χ2n) is 4.59. The van der Waals surface area contributed by atoms with Crippen molar-refractivity contribution in [2.45, 2.75) is 31.3 Å². The zero-order valence-electron chi connectivity index (χ0n) is 10.1. The van der Waals surface area contributed by atoms with Crippen molar-refractivity contribution in [1.82, 2.24) is 19.9 Å². The lowest BCUT2D eigenvalue weighted by molar-refractivity contribution is -0.121. The summed E-state index contributed by atoms with van der Waals surface area (Å²) < 4.78 is 1.73. The molecule has 1 aliphatic carbocycles. The van der Waals surface area contributed by atoms with E-state index in [4.69, 9.17) is 23.2 Å². The zero-order valence-corrected chi connectivity index (χ0v) is 11.6. The van der Waals surface area contributed by atoms with E-state index >= 15 is 0 Å². The topological polar surface area (TPSA) is 59.8 Å². The van der Waals surface area contributed by atoms with Crippen molar-refractivity contribution in [1.29, 1.82) is 0 Å². The maximum atomic E-state index is 11.9. The molecule has 100 valence electrons. The van der Waals surface area contributed by atoms with Crippen LogP contribution in [0.15, 0.2) is 12.3 Å². The molecule has 0 saturated heterocycles. The predicted octanol–water partition coefficient (Wildman–Crippen LogP) is 2.10. The van der Waals surface area contributed by atoms with Gasteiger partial charge >= 0.3 is 0 Å². The molecular weight excluding hydrogens is 287 g/mol. The van der Waals surface area contributed by atoms with Crippen molar-refractivity contribution >= 4 is 40.3 Å². The van der Waals surface area contributed by atoms with Crippen LogP contribution in [0.25, 0.3) is 11.2 Å². The van der Waals surface area contributed by atoms with Crippen LogP contribution in [0.4, 0.5) is 0 Å². The fourth-order valence-electron chi connectivity index (χ4n) is 1.95. The van der Waals surface area contributed by atoms with Crippen molar-refractivity contribution in [3.05, 3.63) is 23.1 Å².